The van der Waals surface area contributed by atoms with Crippen molar-refractivity contribution in [2.75, 3.05) is 36.2 Å². The Labute approximate surface area is 118 Å². The molecule has 1 fully saturated rings. The molecule has 0 spiro atoms. The van der Waals surface area contributed by atoms with Gasteiger partial charge < -0.3 is 0 Å². The molecule has 2 unspecified atom stereocenters. The van der Waals surface area contributed by atoms with E-state index in [-0.39, 0.29) is 5.37 Å². The van der Waals surface area contributed by atoms with Gasteiger partial charge in [-0.25, -0.2) is 8.42 Å². The van der Waals surface area contributed by atoms with Crippen LogP contribution in [0.5, 0.6) is 0 Å². The number of alkyl halides is 1. The van der Waals surface area contributed by atoms with Crippen LogP contribution in [0.1, 0.15) is 19.8 Å². The Morgan fingerprint density at radius 1 is 1.47 bits per heavy atom. The molecule has 0 aromatic rings. The third kappa shape index (κ3) is 5.49. The lowest BCUT2D eigenvalue weighted by Crippen LogP contribution is -2.47. The molecule has 1 rings (SSSR count). The van der Waals surface area contributed by atoms with Gasteiger partial charge in [0, 0.05) is 29.6 Å². The van der Waals surface area contributed by atoms with Crippen LogP contribution in [0.4, 0.5) is 0 Å². The van der Waals surface area contributed by atoms with E-state index in [9.17, 15) is 8.42 Å². The Morgan fingerprint density at radius 2 is 2.18 bits per heavy atom. The number of hydrogen-bond acceptors (Lipinski definition) is 4. The minimum absolute atomic E-state index is 0.266. The summed E-state index contributed by atoms with van der Waals surface area (Å²) >= 11 is 5.20. The molecule has 2 atom stereocenters. The monoisotopic (exact) mass is 343 g/mol. The molecule has 17 heavy (non-hydrogen) atoms. The van der Waals surface area contributed by atoms with Crippen LogP contribution in [0, 0.1) is 5.92 Å². The summed E-state index contributed by atoms with van der Waals surface area (Å²) in [5.74, 6) is 2.44. The molecule has 0 amide bonds. The van der Waals surface area contributed by atoms with Crippen LogP contribution in [-0.2, 0) is 9.84 Å². The number of sulfone groups is 1. The van der Waals surface area contributed by atoms with Crippen molar-refractivity contribution >= 4 is 37.5 Å². The first-order chi connectivity index (χ1) is 7.95. The third-order valence-corrected chi connectivity index (χ3v) is 6.34. The van der Waals surface area contributed by atoms with Gasteiger partial charge in [-0.2, -0.15) is 11.8 Å². The molecule has 6 heteroatoms. The van der Waals surface area contributed by atoms with Crippen LogP contribution in [0.2, 0.25) is 0 Å². The smallest absolute Gasteiger partial charge is 0.164 e. The van der Waals surface area contributed by atoms with E-state index in [0.717, 1.165) is 42.8 Å². The molecule has 0 aliphatic carbocycles. The van der Waals surface area contributed by atoms with Crippen molar-refractivity contribution in [1.82, 2.24) is 4.90 Å². The molecule has 1 heterocycles. The highest BCUT2D eigenvalue weighted by Gasteiger charge is 2.30. The van der Waals surface area contributed by atoms with E-state index in [1.54, 1.807) is 11.8 Å². The molecule has 1 saturated heterocycles. The molecule has 1 aliphatic heterocycles. The standard InChI is InChI=1S/C11H22BrNO2S2/c1-10(3-5-12)4-6-13-7-8-16-9-11(13)17(2,14)15/h10-11H,3-9H2,1-2H3. The first-order valence-electron chi connectivity index (χ1n) is 6.01. The molecule has 0 bridgehead atoms. The summed E-state index contributed by atoms with van der Waals surface area (Å²) < 4.78 is 23.4. The highest BCUT2D eigenvalue weighted by Crippen LogP contribution is 2.21. The zero-order valence-electron chi connectivity index (χ0n) is 10.6. The van der Waals surface area contributed by atoms with E-state index in [0.29, 0.717) is 5.92 Å². The molecular formula is C11H22BrNO2S2. The number of hydrogen-bond donors (Lipinski definition) is 0. The van der Waals surface area contributed by atoms with E-state index in [2.05, 4.69) is 27.8 Å². The SMILES string of the molecule is CC(CCBr)CCN1CCSCC1S(C)(=O)=O. The van der Waals surface area contributed by atoms with Crippen molar-refractivity contribution in [3.05, 3.63) is 0 Å². The van der Waals surface area contributed by atoms with Crippen molar-refractivity contribution in [2.45, 2.75) is 25.1 Å². The Bertz CT molecular complexity index is 321. The van der Waals surface area contributed by atoms with Crippen molar-refractivity contribution < 1.29 is 8.42 Å². The lowest BCUT2D eigenvalue weighted by Gasteiger charge is -2.34. The van der Waals surface area contributed by atoms with Crippen molar-refractivity contribution in [1.29, 1.82) is 0 Å². The lowest BCUT2D eigenvalue weighted by atomic mass is 10.1. The first kappa shape index (κ1) is 15.8. The minimum atomic E-state index is -2.94. The fraction of sp³-hybridized carbons (Fsp3) is 1.00. The van der Waals surface area contributed by atoms with Crippen LogP contribution in [0.15, 0.2) is 0 Å². The van der Waals surface area contributed by atoms with Crippen molar-refractivity contribution in [3.8, 4) is 0 Å². The van der Waals surface area contributed by atoms with Gasteiger partial charge in [-0.05, 0) is 25.3 Å². The number of nitrogens with zero attached hydrogens (tertiary/aromatic N) is 1. The van der Waals surface area contributed by atoms with Gasteiger partial charge in [0.15, 0.2) is 9.84 Å². The molecule has 0 saturated carbocycles. The fourth-order valence-corrected chi connectivity index (χ4v) is 5.74. The number of halogens is 1. The maximum atomic E-state index is 11.7. The van der Waals surface area contributed by atoms with Gasteiger partial charge >= 0.3 is 0 Å². The zero-order valence-corrected chi connectivity index (χ0v) is 13.8. The van der Waals surface area contributed by atoms with E-state index in [1.165, 1.54) is 6.26 Å². The zero-order chi connectivity index (χ0) is 12.9. The summed E-state index contributed by atoms with van der Waals surface area (Å²) in [5, 5.41) is 0.761. The normalized spacial score (nSPS) is 24.8. The van der Waals surface area contributed by atoms with Crippen LogP contribution in [0.25, 0.3) is 0 Å². The molecular weight excluding hydrogens is 322 g/mol. The van der Waals surface area contributed by atoms with Crippen LogP contribution in [-0.4, -0.2) is 54.9 Å². The summed E-state index contributed by atoms with van der Waals surface area (Å²) in [6.07, 6.45) is 3.60. The predicted octanol–water partition coefficient (Wildman–Crippen LogP) is 2.22. The quantitative estimate of drug-likeness (QED) is 0.693. The van der Waals surface area contributed by atoms with E-state index < -0.39 is 9.84 Å². The van der Waals surface area contributed by atoms with Gasteiger partial charge in [0.2, 0.25) is 0 Å². The summed E-state index contributed by atoms with van der Waals surface area (Å²) in [6, 6.07) is 0. The summed E-state index contributed by atoms with van der Waals surface area (Å²) in [6.45, 7) is 4.05. The van der Waals surface area contributed by atoms with Crippen LogP contribution >= 0.6 is 27.7 Å². The lowest BCUT2D eigenvalue weighted by molar-refractivity contribution is 0.250. The van der Waals surface area contributed by atoms with E-state index in [4.69, 9.17) is 0 Å². The van der Waals surface area contributed by atoms with Crippen molar-refractivity contribution in [2.24, 2.45) is 5.92 Å². The van der Waals surface area contributed by atoms with Gasteiger partial charge in [0.25, 0.3) is 0 Å². The molecule has 0 radical (unpaired) electrons. The fourth-order valence-electron chi connectivity index (χ4n) is 1.98. The van der Waals surface area contributed by atoms with Gasteiger partial charge in [0.1, 0.15) is 5.37 Å². The Hall–Kier alpha value is 0.740. The predicted molar refractivity (Wildman–Crippen MR) is 79.7 cm³/mol. The summed E-state index contributed by atoms with van der Waals surface area (Å²) in [4.78, 5) is 2.15. The Morgan fingerprint density at radius 3 is 2.76 bits per heavy atom. The summed E-state index contributed by atoms with van der Waals surface area (Å²) in [5.41, 5.74) is 0. The van der Waals surface area contributed by atoms with E-state index >= 15 is 0 Å². The second-order valence-electron chi connectivity index (χ2n) is 4.77. The average Bonchev–Trinajstić information content (AvgIpc) is 2.26. The molecule has 1 aliphatic rings. The molecule has 102 valence electrons. The Balaban J connectivity index is 2.49. The van der Waals surface area contributed by atoms with Crippen molar-refractivity contribution in [3.63, 3.8) is 0 Å². The molecule has 3 nitrogen and oxygen atoms in total. The number of rotatable bonds is 6. The topological polar surface area (TPSA) is 37.4 Å². The number of thioether (sulfide) groups is 1. The van der Waals surface area contributed by atoms with Gasteiger partial charge in [-0.15, -0.1) is 0 Å². The van der Waals surface area contributed by atoms with Gasteiger partial charge in [-0.1, -0.05) is 22.9 Å². The third-order valence-electron chi connectivity index (χ3n) is 3.20. The highest BCUT2D eigenvalue weighted by atomic mass is 79.9. The first-order valence-corrected chi connectivity index (χ1v) is 10.2. The van der Waals surface area contributed by atoms with Gasteiger partial charge in [0.05, 0.1) is 0 Å². The average molecular weight is 344 g/mol. The Kier molecular flexibility index (Phi) is 6.84. The second kappa shape index (κ2) is 7.36. The molecule has 0 N–H and O–H groups in total. The highest BCUT2D eigenvalue weighted by molar-refractivity contribution is 9.09. The maximum absolute atomic E-state index is 11.7. The van der Waals surface area contributed by atoms with Crippen LogP contribution in [0.3, 0.4) is 0 Å². The van der Waals surface area contributed by atoms with E-state index in [1.807, 2.05) is 0 Å². The van der Waals surface area contributed by atoms with Crippen LogP contribution < -0.4 is 0 Å². The maximum Gasteiger partial charge on any atom is 0.164 e. The molecule has 0 aromatic carbocycles. The summed E-state index contributed by atoms with van der Waals surface area (Å²) in [7, 11) is -2.94. The molecule has 0 aromatic heterocycles. The van der Waals surface area contributed by atoms with Gasteiger partial charge in [-0.3, -0.25) is 4.90 Å². The second-order valence-corrected chi connectivity index (χ2v) is 8.91. The largest absolute Gasteiger partial charge is 0.286 e. The minimum Gasteiger partial charge on any atom is -0.286 e.